The topological polar surface area (TPSA) is 27.6 Å². The van der Waals surface area contributed by atoms with E-state index in [-0.39, 0.29) is 0 Å². The number of benzene rings is 2. The number of para-hydroxylation sites is 2. The molecule has 0 fully saturated rings. The second kappa shape index (κ2) is 12.0. The molecule has 0 aromatic heterocycles. The van der Waals surface area contributed by atoms with E-state index in [0.29, 0.717) is 23.7 Å². The van der Waals surface area contributed by atoms with Crippen molar-refractivity contribution in [1.29, 1.82) is 0 Å². The van der Waals surface area contributed by atoms with Crippen LogP contribution < -0.4 is 5.32 Å². The Morgan fingerprint density at radius 3 is 1.65 bits per heavy atom. The Hall–Kier alpha value is -3.07. The summed E-state index contributed by atoms with van der Waals surface area (Å²) < 4.78 is 0. The van der Waals surface area contributed by atoms with Gasteiger partial charge in [-0.25, -0.2) is 0 Å². The molecule has 0 saturated carbocycles. The molecule has 0 aliphatic carbocycles. The normalized spacial score (nSPS) is 15.8. The van der Waals surface area contributed by atoms with Crippen molar-refractivity contribution >= 4 is 17.1 Å². The summed E-state index contributed by atoms with van der Waals surface area (Å²) >= 11 is 0. The summed E-state index contributed by atoms with van der Waals surface area (Å²) in [6.07, 6.45) is 6.50. The van der Waals surface area contributed by atoms with E-state index >= 15 is 0 Å². The van der Waals surface area contributed by atoms with E-state index in [1.54, 1.807) is 0 Å². The first-order chi connectivity index (χ1) is 17.4. The Morgan fingerprint density at radius 1 is 0.730 bits per heavy atom. The van der Waals surface area contributed by atoms with Gasteiger partial charge in [0.05, 0.1) is 22.8 Å². The summed E-state index contributed by atoms with van der Waals surface area (Å²) in [5.41, 5.74) is 12.1. The molecule has 0 amide bonds. The van der Waals surface area contributed by atoms with Crippen molar-refractivity contribution in [2.24, 2.45) is 4.99 Å². The van der Waals surface area contributed by atoms with Crippen molar-refractivity contribution in [2.75, 3.05) is 12.4 Å². The number of aliphatic imine (C=N–C) groups is 1. The molecule has 0 saturated heterocycles. The van der Waals surface area contributed by atoms with Gasteiger partial charge in [-0.2, -0.15) is 0 Å². The minimum absolute atomic E-state index is 0.418. The molecule has 3 nitrogen and oxygen atoms in total. The third-order valence-corrected chi connectivity index (χ3v) is 7.29. The van der Waals surface area contributed by atoms with Crippen LogP contribution >= 0.6 is 0 Å². The Kier molecular flexibility index (Phi) is 9.23. The number of nitrogens with zero attached hydrogens (tertiary/aromatic N) is 2. The second-order valence-electron chi connectivity index (χ2n) is 11.5. The molecule has 1 heterocycles. The number of nitrogens with one attached hydrogen (secondary N) is 1. The molecule has 2 aromatic carbocycles. The summed E-state index contributed by atoms with van der Waals surface area (Å²) in [6, 6.07) is 13.3. The molecule has 0 radical (unpaired) electrons. The van der Waals surface area contributed by atoms with Crippen LogP contribution in [0.4, 0.5) is 11.4 Å². The van der Waals surface area contributed by atoms with Gasteiger partial charge in [0.25, 0.3) is 0 Å². The largest absolute Gasteiger partial charge is 0.357 e. The smallest absolute Gasteiger partial charge is 0.0702 e. The van der Waals surface area contributed by atoms with E-state index in [1.807, 2.05) is 0 Å². The highest BCUT2D eigenvalue weighted by atomic mass is 15.1. The first-order valence-corrected chi connectivity index (χ1v) is 13.8. The van der Waals surface area contributed by atoms with E-state index in [1.165, 1.54) is 27.9 Å². The number of hydrogen-bond donors (Lipinski definition) is 1. The van der Waals surface area contributed by atoms with Crippen molar-refractivity contribution in [3.05, 3.63) is 94.0 Å². The van der Waals surface area contributed by atoms with Crippen molar-refractivity contribution < 1.29 is 0 Å². The van der Waals surface area contributed by atoms with Crippen LogP contribution in [0.15, 0.2) is 76.7 Å². The third kappa shape index (κ3) is 6.26. The first kappa shape index (κ1) is 28.5. The van der Waals surface area contributed by atoms with E-state index in [0.717, 1.165) is 28.5 Å². The Balaban J connectivity index is 2.03. The molecule has 37 heavy (non-hydrogen) atoms. The molecule has 2 aromatic rings. The van der Waals surface area contributed by atoms with Crippen LogP contribution in [-0.2, 0) is 0 Å². The fourth-order valence-corrected chi connectivity index (χ4v) is 5.14. The molecule has 0 bridgehead atoms. The lowest BCUT2D eigenvalue weighted by Gasteiger charge is -2.30. The summed E-state index contributed by atoms with van der Waals surface area (Å²) in [4.78, 5) is 7.52. The average Bonchev–Trinajstić information content (AvgIpc) is 2.83. The fraction of sp³-hybridized carbons (Fsp3) is 0.441. The summed E-state index contributed by atoms with van der Waals surface area (Å²) in [6.45, 7) is 22.4. The number of rotatable bonds is 8. The Morgan fingerprint density at radius 2 is 1.19 bits per heavy atom. The van der Waals surface area contributed by atoms with Gasteiger partial charge in [-0.15, -0.1) is 0 Å². The van der Waals surface area contributed by atoms with Crippen LogP contribution in [0.5, 0.6) is 0 Å². The standard InChI is InChI=1S/C34H47N3/c1-21(2)27-15-12-16-28(22(3)4)33(27)35-25(9)31-19-14-20-32(37(31)11)26(10)36-34-29(23(5)6)17-13-18-30(34)24(7)8/h12-24,35H,1-11H3/b31-25+,36-26?. The molecule has 1 aliphatic rings. The highest BCUT2D eigenvalue weighted by molar-refractivity contribution is 6.00. The van der Waals surface area contributed by atoms with Crippen LogP contribution in [0, 0.1) is 0 Å². The first-order valence-electron chi connectivity index (χ1n) is 13.8. The lowest BCUT2D eigenvalue weighted by Crippen LogP contribution is -2.25. The molecule has 198 valence electrons. The molecule has 3 heteroatoms. The molecule has 1 aliphatic heterocycles. The fourth-order valence-electron chi connectivity index (χ4n) is 5.14. The maximum Gasteiger partial charge on any atom is 0.0702 e. The lowest BCUT2D eigenvalue weighted by molar-refractivity contribution is 0.551. The van der Waals surface area contributed by atoms with Gasteiger partial charge in [0.15, 0.2) is 0 Å². The quantitative estimate of drug-likeness (QED) is 0.367. The predicted octanol–water partition coefficient (Wildman–Crippen LogP) is 10.0. The zero-order chi connectivity index (χ0) is 27.4. The number of allylic oxidation sites excluding steroid dienone is 5. The lowest BCUT2D eigenvalue weighted by atomic mass is 9.92. The molecule has 0 atom stereocenters. The highest BCUT2D eigenvalue weighted by Crippen LogP contribution is 2.37. The Labute approximate surface area is 226 Å². The highest BCUT2D eigenvalue weighted by Gasteiger charge is 2.20. The van der Waals surface area contributed by atoms with Gasteiger partial charge in [0.1, 0.15) is 0 Å². The Bertz CT molecular complexity index is 1180. The average molecular weight is 498 g/mol. The van der Waals surface area contributed by atoms with Gasteiger partial charge in [0.2, 0.25) is 0 Å². The van der Waals surface area contributed by atoms with Crippen LogP contribution in [0.2, 0.25) is 0 Å². The zero-order valence-corrected chi connectivity index (χ0v) is 24.9. The van der Waals surface area contributed by atoms with Gasteiger partial charge in [-0.1, -0.05) is 97.9 Å². The van der Waals surface area contributed by atoms with E-state index < -0.39 is 0 Å². The molecule has 0 unspecified atom stereocenters. The predicted molar refractivity (Wildman–Crippen MR) is 163 cm³/mol. The van der Waals surface area contributed by atoms with E-state index in [2.05, 4.69) is 141 Å². The minimum Gasteiger partial charge on any atom is -0.357 e. The van der Waals surface area contributed by atoms with Crippen molar-refractivity contribution in [2.45, 2.75) is 92.9 Å². The molecular weight excluding hydrogens is 450 g/mol. The van der Waals surface area contributed by atoms with Crippen LogP contribution in [0.1, 0.15) is 115 Å². The molecule has 0 spiro atoms. The summed E-state index contributed by atoms with van der Waals surface area (Å²) in [7, 11) is 2.14. The van der Waals surface area contributed by atoms with E-state index in [9.17, 15) is 0 Å². The molecular formula is C34H47N3. The minimum atomic E-state index is 0.418. The molecule has 3 rings (SSSR count). The number of anilines is 1. The third-order valence-electron chi connectivity index (χ3n) is 7.29. The van der Waals surface area contributed by atoms with Crippen LogP contribution in [0.25, 0.3) is 0 Å². The van der Waals surface area contributed by atoms with Crippen LogP contribution in [0.3, 0.4) is 0 Å². The maximum absolute atomic E-state index is 5.26. The number of likely N-dealkylation sites (N-methyl/N-ethyl adjacent to an activating group) is 1. The number of hydrogen-bond acceptors (Lipinski definition) is 3. The van der Waals surface area contributed by atoms with Gasteiger partial charge < -0.3 is 10.2 Å². The summed E-state index contributed by atoms with van der Waals surface area (Å²) in [5.74, 6) is 1.72. The van der Waals surface area contributed by atoms with Gasteiger partial charge >= 0.3 is 0 Å². The second-order valence-corrected chi connectivity index (χ2v) is 11.5. The molecule has 1 N–H and O–H groups in total. The zero-order valence-electron chi connectivity index (χ0n) is 24.9. The van der Waals surface area contributed by atoms with Gasteiger partial charge in [-0.3, -0.25) is 4.99 Å². The monoisotopic (exact) mass is 497 g/mol. The van der Waals surface area contributed by atoms with Gasteiger partial charge in [-0.05, 0) is 71.9 Å². The maximum atomic E-state index is 5.26. The summed E-state index contributed by atoms with van der Waals surface area (Å²) in [5, 5.41) is 3.82. The SMILES string of the molecule is CC(=Nc1c(C(C)C)cccc1C(C)C)C1=CC=C/C(=C(/C)Nc2c(C(C)C)cccc2C(C)C)N1C. The van der Waals surface area contributed by atoms with E-state index in [4.69, 9.17) is 4.99 Å². The van der Waals surface area contributed by atoms with Crippen molar-refractivity contribution in [3.8, 4) is 0 Å². The van der Waals surface area contributed by atoms with Gasteiger partial charge in [0, 0.05) is 18.4 Å². The van der Waals surface area contributed by atoms with Crippen molar-refractivity contribution in [3.63, 3.8) is 0 Å². The van der Waals surface area contributed by atoms with Crippen LogP contribution in [-0.4, -0.2) is 17.7 Å². The van der Waals surface area contributed by atoms with Crippen molar-refractivity contribution in [1.82, 2.24) is 4.90 Å².